The highest BCUT2D eigenvalue weighted by molar-refractivity contribution is 7.91. The fourth-order valence-corrected chi connectivity index (χ4v) is 2.67. The van der Waals surface area contributed by atoms with Crippen LogP contribution < -0.4 is 10.1 Å². The summed E-state index contributed by atoms with van der Waals surface area (Å²) in [6.07, 6.45) is 0. The lowest BCUT2D eigenvalue weighted by molar-refractivity contribution is 0.318. The summed E-state index contributed by atoms with van der Waals surface area (Å²) < 4.78 is 17.8. The van der Waals surface area contributed by atoms with E-state index in [9.17, 15) is 4.55 Å². The van der Waals surface area contributed by atoms with Gasteiger partial charge >= 0.3 is 0 Å². The number of nitrogens with one attached hydrogen (secondary N) is 1. The van der Waals surface area contributed by atoms with Crippen LogP contribution in [0.5, 0.6) is 5.75 Å². The second kappa shape index (κ2) is 7.19. The number of ether oxygens (including phenoxy) is 1. The van der Waals surface area contributed by atoms with E-state index in [1.807, 2.05) is 61.6 Å². The average Bonchev–Trinajstić information content (AvgIpc) is 2.48. The van der Waals surface area contributed by atoms with Crippen molar-refractivity contribution >= 4 is 11.2 Å². The highest BCUT2D eigenvalue weighted by Crippen LogP contribution is 2.22. The molecule has 0 aliphatic heterocycles. The molecular weight excluding hydrogens is 258 g/mol. The van der Waals surface area contributed by atoms with E-state index in [-0.39, 0.29) is 0 Å². The van der Waals surface area contributed by atoms with Crippen molar-refractivity contribution in [3.05, 3.63) is 54.6 Å². The largest absolute Gasteiger partial charge is 0.606 e. The quantitative estimate of drug-likeness (QED) is 0.650. The van der Waals surface area contributed by atoms with Gasteiger partial charge in [-0.25, -0.2) is 0 Å². The van der Waals surface area contributed by atoms with E-state index in [1.54, 1.807) is 0 Å². The minimum absolute atomic E-state index is 0.623. The number of hydrogen-bond donors (Lipinski definition) is 1. The van der Waals surface area contributed by atoms with Gasteiger partial charge in [0.1, 0.15) is 12.4 Å². The Balaban J connectivity index is 2.02. The molecule has 0 fully saturated rings. The highest BCUT2D eigenvalue weighted by Gasteiger charge is 2.13. The van der Waals surface area contributed by atoms with Crippen LogP contribution in [0.15, 0.2) is 64.4 Å². The summed E-state index contributed by atoms with van der Waals surface area (Å²) >= 11 is -1.13. The molecule has 1 atom stereocenters. The van der Waals surface area contributed by atoms with Crippen LogP contribution in [0.4, 0.5) is 0 Å². The Bertz CT molecular complexity index is 487. The molecule has 0 amide bonds. The Morgan fingerprint density at radius 2 is 1.63 bits per heavy atom. The zero-order valence-electron chi connectivity index (χ0n) is 10.8. The number of likely N-dealkylation sites (N-methyl/N-ethyl adjacent to an activating group) is 1. The molecule has 0 bridgehead atoms. The minimum Gasteiger partial charge on any atom is -0.606 e. The smallest absolute Gasteiger partial charge is 0.158 e. The van der Waals surface area contributed by atoms with Gasteiger partial charge in [0.15, 0.2) is 9.79 Å². The molecule has 19 heavy (non-hydrogen) atoms. The fourth-order valence-electron chi connectivity index (χ4n) is 1.61. The minimum atomic E-state index is -1.13. The van der Waals surface area contributed by atoms with Crippen LogP contribution in [-0.2, 0) is 11.2 Å². The van der Waals surface area contributed by atoms with Gasteiger partial charge in [0.2, 0.25) is 0 Å². The van der Waals surface area contributed by atoms with Gasteiger partial charge in [0.25, 0.3) is 0 Å². The molecule has 4 heteroatoms. The van der Waals surface area contributed by atoms with Crippen LogP contribution in [0, 0.1) is 0 Å². The number of hydrogen-bond acceptors (Lipinski definition) is 3. The summed E-state index contributed by atoms with van der Waals surface area (Å²) in [6, 6.07) is 16.8. The molecule has 2 rings (SSSR count). The van der Waals surface area contributed by atoms with Crippen molar-refractivity contribution in [2.45, 2.75) is 9.79 Å². The molecule has 2 aromatic rings. The maximum absolute atomic E-state index is 12.3. The first-order chi connectivity index (χ1) is 9.31. The van der Waals surface area contributed by atoms with E-state index in [2.05, 4.69) is 5.32 Å². The van der Waals surface area contributed by atoms with Crippen molar-refractivity contribution in [2.75, 3.05) is 20.2 Å². The molecule has 100 valence electrons. The van der Waals surface area contributed by atoms with E-state index in [0.29, 0.717) is 6.61 Å². The zero-order valence-corrected chi connectivity index (χ0v) is 11.7. The molecule has 1 N–H and O–H groups in total. The molecular formula is C15H17NO2S. The summed E-state index contributed by atoms with van der Waals surface area (Å²) in [6.45, 7) is 1.43. The van der Waals surface area contributed by atoms with E-state index < -0.39 is 11.2 Å². The van der Waals surface area contributed by atoms with Gasteiger partial charge in [-0.3, -0.25) is 0 Å². The van der Waals surface area contributed by atoms with Crippen LogP contribution >= 0.6 is 0 Å². The van der Waals surface area contributed by atoms with Gasteiger partial charge in [-0.15, -0.1) is 0 Å². The third-order valence-corrected chi connectivity index (χ3v) is 4.02. The molecule has 0 saturated heterocycles. The van der Waals surface area contributed by atoms with Gasteiger partial charge in [-0.05, 0) is 43.4 Å². The van der Waals surface area contributed by atoms with Gasteiger partial charge in [-0.2, -0.15) is 0 Å². The van der Waals surface area contributed by atoms with E-state index >= 15 is 0 Å². The van der Waals surface area contributed by atoms with Crippen molar-refractivity contribution in [1.29, 1.82) is 0 Å². The molecule has 2 aromatic carbocycles. The summed E-state index contributed by atoms with van der Waals surface area (Å²) in [5, 5.41) is 3.02. The summed E-state index contributed by atoms with van der Waals surface area (Å²) in [5.74, 6) is 0.795. The molecule has 0 heterocycles. The molecule has 0 saturated carbocycles. The Kier molecular flexibility index (Phi) is 5.27. The van der Waals surface area contributed by atoms with Crippen LogP contribution in [-0.4, -0.2) is 24.8 Å². The van der Waals surface area contributed by atoms with Crippen LogP contribution in [0.25, 0.3) is 0 Å². The second-order valence-electron chi connectivity index (χ2n) is 4.01. The third kappa shape index (κ3) is 3.99. The molecule has 0 radical (unpaired) electrons. The Labute approximate surface area is 116 Å². The predicted octanol–water partition coefficient (Wildman–Crippen LogP) is 2.45. The Morgan fingerprint density at radius 1 is 1.00 bits per heavy atom. The fraction of sp³-hybridized carbons (Fsp3) is 0.200. The highest BCUT2D eigenvalue weighted by atomic mass is 32.2. The van der Waals surface area contributed by atoms with Gasteiger partial charge in [0.05, 0.1) is 0 Å². The van der Waals surface area contributed by atoms with E-state index in [4.69, 9.17) is 4.74 Å². The molecule has 0 aromatic heterocycles. The van der Waals surface area contributed by atoms with Crippen molar-refractivity contribution < 1.29 is 9.29 Å². The monoisotopic (exact) mass is 275 g/mol. The lowest BCUT2D eigenvalue weighted by Gasteiger charge is -2.10. The van der Waals surface area contributed by atoms with Crippen LogP contribution in [0.2, 0.25) is 0 Å². The topological polar surface area (TPSA) is 44.3 Å². The first kappa shape index (κ1) is 13.9. The number of rotatable bonds is 6. The first-order valence-electron chi connectivity index (χ1n) is 6.15. The maximum atomic E-state index is 12.3. The first-order valence-corrected chi connectivity index (χ1v) is 7.30. The van der Waals surface area contributed by atoms with Gasteiger partial charge in [-0.1, -0.05) is 18.2 Å². The van der Waals surface area contributed by atoms with Crippen molar-refractivity contribution in [2.24, 2.45) is 0 Å². The predicted molar refractivity (Wildman–Crippen MR) is 77.0 cm³/mol. The van der Waals surface area contributed by atoms with Gasteiger partial charge < -0.3 is 14.6 Å². The zero-order chi connectivity index (χ0) is 13.5. The number of benzene rings is 2. The Hall–Kier alpha value is -1.49. The van der Waals surface area contributed by atoms with Crippen LogP contribution in [0.1, 0.15) is 0 Å². The average molecular weight is 275 g/mol. The van der Waals surface area contributed by atoms with Crippen LogP contribution in [0.3, 0.4) is 0 Å². The van der Waals surface area contributed by atoms with Crippen molar-refractivity contribution in [1.82, 2.24) is 5.32 Å². The third-order valence-electron chi connectivity index (χ3n) is 2.62. The molecule has 3 nitrogen and oxygen atoms in total. The lowest BCUT2D eigenvalue weighted by Crippen LogP contribution is -2.15. The lowest BCUT2D eigenvalue weighted by atomic mass is 10.3. The summed E-state index contributed by atoms with van der Waals surface area (Å²) in [4.78, 5) is 1.60. The molecule has 0 spiro atoms. The van der Waals surface area contributed by atoms with Crippen molar-refractivity contribution in [3.63, 3.8) is 0 Å². The summed E-state index contributed by atoms with van der Waals surface area (Å²) in [7, 11) is 1.88. The summed E-state index contributed by atoms with van der Waals surface area (Å²) in [5.41, 5.74) is 0. The Morgan fingerprint density at radius 3 is 2.26 bits per heavy atom. The van der Waals surface area contributed by atoms with E-state index in [0.717, 1.165) is 22.1 Å². The van der Waals surface area contributed by atoms with Crippen molar-refractivity contribution in [3.8, 4) is 5.75 Å². The SMILES string of the molecule is CNCCOc1ccc([S+]([O-])c2ccccc2)cc1. The van der Waals surface area contributed by atoms with Gasteiger partial charge in [0, 0.05) is 17.7 Å². The normalized spacial score (nSPS) is 12.1. The maximum Gasteiger partial charge on any atom is 0.158 e. The standard InChI is InChI=1S/C15H17NO2S/c1-16-11-12-18-13-7-9-15(10-8-13)19(17)14-5-3-2-4-6-14/h2-10,16H,11-12H2,1H3. The second-order valence-corrected chi connectivity index (χ2v) is 5.49. The van der Waals surface area contributed by atoms with E-state index in [1.165, 1.54) is 0 Å². The molecule has 1 unspecified atom stereocenters. The molecule has 0 aliphatic carbocycles. The molecule has 0 aliphatic rings.